The monoisotopic (exact) mass is 330 g/mol. The van der Waals surface area contributed by atoms with Crippen LogP contribution in [0.5, 0.6) is 0 Å². The largest absolute Gasteiger partial charge is 0.365 e. The second-order valence-electron chi connectivity index (χ2n) is 4.34. The molecule has 1 aromatic heterocycles. The summed E-state index contributed by atoms with van der Waals surface area (Å²) in [6.45, 7) is 6.39. The molecule has 7 heteroatoms. The fourth-order valence-corrected chi connectivity index (χ4v) is 1.54. The number of amides is 1. The average Bonchev–Trinajstić information content (AvgIpc) is 2.54. The second-order valence-corrected chi connectivity index (χ2v) is 4.34. The van der Waals surface area contributed by atoms with Crippen molar-refractivity contribution in [2.45, 2.75) is 27.2 Å². The van der Waals surface area contributed by atoms with Gasteiger partial charge in [-0.1, -0.05) is 31.1 Å². The van der Waals surface area contributed by atoms with E-state index in [0.29, 0.717) is 12.4 Å². The van der Waals surface area contributed by atoms with Gasteiger partial charge in [0, 0.05) is 24.4 Å². The first-order valence-corrected chi connectivity index (χ1v) is 7.43. The standard InChI is InChI=1S/C10H13NO.C7H9N3O2/c1-3-5-9(6-4-2)7-8-10(11)12;1-2-8-7-6(10(11)12)4-3-5-9-7/h3,5-6H,4H2,1-2H3,(H2,11,12);3-5H,2H2,1H3,(H,8,9)/b5-3-,9-6+;. The van der Waals surface area contributed by atoms with Crippen molar-refractivity contribution in [1.29, 1.82) is 0 Å². The lowest BCUT2D eigenvalue weighted by Gasteiger charge is -2.00. The van der Waals surface area contributed by atoms with Crippen LogP contribution >= 0.6 is 0 Å². The lowest BCUT2D eigenvalue weighted by atomic mass is 10.2. The maximum Gasteiger partial charge on any atom is 0.311 e. The Morgan fingerprint density at radius 3 is 2.67 bits per heavy atom. The van der Waals surface area contributed by atoms with E-state index in [1.165, 1.54) is 12.3 Å². The molecule has 0 unspecified atom stereocenters. The van der Waals surface area contributed by atoms with E-state index in [2.05, 4.69) is 22.1 Å². The SMILES string of the molecule is C/C=C\C(C#CC(N)=O)=C/CC.CCNc1ncccc1[N+](=O)[O-]. The molecule has 1 aromatic rings. The zero-order chi connectivity index (χ0) is 18.4. The second kappa shape index (κ2) is 12.4. The summed E-state index contributed by atoms with van der Waals surface area (Å²) >= 11 is 0. The van der Waals surface area contributed by atoms with E-state index >= 15 is 0 Å². The quantitative estimate of drug-likeness (QED) is 0.373. The van der Waals surface area contributed by atoms with Crippen LogP contribution < -0.4 is 11.1 Å². The van der Waals surface area contributed by atoms with Gasteiger partial charge in [-0.15, -0.1) is 0 Å². The highest BCUT2D eigenvalue weighted by molar-refractivity contribution is 5.92. The van der Waals surface area contributed by atoms with Crippen LogP contribution in [-0.4, -0.2) is 22.4 Å². The molecule has 0 saturated carbocycles. The molecule has 7 nitrogen and oxygen atoms in total. The minimum atomic E-state index is -0.596. The summed E-state index contributed by atoms with van der Waals surface area (Å²) in [4.78, 5) is 24.1. The van der Waals surface area contributed by atoms with Crippen LogP contribution in [0.4, 0.5) is 11.5 Å². The number of hydrogen-bond acceptors (Lipinski definition) is 5. The Balaban J connectivity index is 0.000000441. The van der Waals surface area contributed by atoms with E-state index in [9.17, 15) is 14.9 Å². The predicted molar refractivity (Wildman–Crippen MR) is 95.2 cm³/mol. The lowest BCUT2D eigenvalue weighted by molar-refractivity contribution is -0.384. The van der Waals surface area contributed by atoms with E-state index in [1.807, 2.05) is 39.0 Å². The molecule has 128 valence electrons. The molecule has 0 aliphatic heterocycles. The molecular weight excluding hydrogens is 308 g/mol. The number of rotatable bonds is 5. The first kappa shape index (κ1) is 20.9. The zero-order valence-electron chi connectivity index (χ0n) is 14.1. The number of nitro groups is 1. The van der Waals surface area contributed by atoms with Gasteiger partial charge in [0.1, 0.15) is 0 Å². The lowest BCUT2D eigenvalue weighted by Crippen LogP contribution is -2.06. The van der Waals surface area contributed by atoms with E-state index in [0.717, 1.165) is 12.0 Å². The molecule has 3 N–H and O–H groups in total. The number of hydrogen-bond donors (Lipinski definition) is 2. The topological polar surface area (TPSA) is 111 Å². The van der Waals surface area contributed by atoms with Gasteiger partial charge in [0.25, 0.3) is 5.91 Å². The first-order chi connectivity index (χ1) is 11.5. The van der Waals surface area contributed by atoms with Gasteiger partial charge in [0.05, 0.1) is 4.92 Å². The third-order valence-corrected chi connectivity index (χ3v) is 2.43. The highest BCUT2D eigenvalue weighted by Crippen LogP contribution is 2.19. The predicted octanol–water partition coefficient (Wildman–Crippen LogP) is 2.81. The number of nitrogens with two attached hydrogens (primary N) is 1. The maximum absolute atomic E-state index is 10.4. The van der Waals surface area contributed by atoms with Crippen LogP contribution in [0, 0.1) is 22.0 Å². The van der Waals surface area contributed by atoms with Crippen molar-refractivity contribution in [2.75, 3.05) is 11.9 Å². The first-order valence-electron chi connectivity index (χ1n) is 7.43. The Bertz CT molecular complexity index is 670. The maximum atomic E-state index is 10.4. The molecule has 1 rings (SSSR count). The summed E-state index contributed by atoms with van der Waals surface area (Å²) < 4.78 is 0. The van der Waals surface area contributed by atoms with Crippen molar-refractivity contribution in [3.05, 3.63) is 52.2 Å². The van der Waals surface area contributed by atoms with Crippen molar-refractivity contribution in [3.63, 3.8) is 0 Å². The van der Waals surface area contributed by atoms with E-state index in [-0.39, 0.29) is 5.69 Å². The van der Waals surface area contributed by atoms with Crippen LogP contribution in [0.25, 0.3) is 0 Å². The average molecular weight is 330 g/mol. The number of nitrogens with one attached hydrogen (secondary N) is 1. The highest BCUT2D eigenvalue weighted by atomic mass is 16.6. The van der Waals surface area contributed by atoms with Gasteiger partial charge in [-0.05, 0) is 32.3 Å². The molecule has 0 fully saturated rings. The van der Waals surface area contributed by atoms with Crippen LogP contribution in [0.2, 0.25) is 0 Å². The number of nitrogens with zero attached hydrogens (tertiary/aromatic N) is 2. The van der Waals surface area contributed by atoms with Gasteiger partial charge >= 0.3 is 5.69 Å². The Morgan fingerprint density at radius 1 is 1.46 bits per heavy atom. The normalized spacial score (nSPS) is 10.2. The minimum absolute atomic E-state index is 0.0133. The molecule has 0 radical (unpaired) electrons. The third-order valence-electron chi connectivity index (χ3n) is 2.43. The summed E-state index contributed by atoms with van der Waals surface area (Å²) in [6, 6.07) is 2.96. The van der Waals surface area contributed by atoms with Gasteiger partial charge in [-0.25, -0.2) is 4.98 Å². The summed E-state index contributed by atoms with van der Waals surface area (Å²) in [5.74, 6) is 4.68. The highest BCUT2D eigenvalue weighted by Gasteiger charge is 2.11. The van der Waals surface area contributed by atoms with Crippen molar-refractivity contribution in [3.8, 4) is 11.8 Å². The van der Waals surface area contributed by atoms with Gasteiger partial charge < -0.3 is 11.1 Å². The van der Waals surface area contributed by atoms with E-state index in [4.69, 9.17) is 5.73 Å². The number of carbonyl (C=O) groups is 1. The minimum Gasteiger partial charge on any atom is -0.365 e. The van der Waals surface area contributed by atoms with Crippen LogP contribution in [0.1, 0.15) is 27.2 Å². The van der Waals surface area contributed by atoms with Crippen LogP contribution in [-0.2, 0) is 4.79 Å². The summed E-state index contributed by atoms with van der Waals surface area (Å²) in [6.07, 6.45) is 8.07. The molecule has 1 amide bonds. The number of anilines is 1. The van der Waals surface area contributed by atoms with Crippen molar-refractivity contribution < 1.29 is 9.72 Å². The number of carbonyl (C=O) groups excluding carboxylic acids is 1. The number of aromatic nitrogens is 1. The molecular formula is C17H22N4O3. The molecule has 24 heavy (non-hydrogen) atoms. The van der Waals surface area contributed by atoms with E-state index < -0.39 is 10.8 Å². The molecule has 0 aliphatic carbocycles. The molecule has 0 atom stereocenters. The fraction of sp³-hybridized carbons (Fsp3) is 0.294. The smallest absolute Gasteiger partial charge is 0.311 e. The van der Waals surface area contributed by atoms with E-state index in [1.54, 1.807) is 6.07 Å². The summed E-state index contributed by atoms with van der Waals surface area (Å²) in [7, 11) is 0. The van der Waals surface area contributed by atoms with Crippen molar-refractivity contribution in [1.82, 2.24) is 4.98 Å². The van der Waals surface area contributed by atoms with Gasteiger partial charge in [-0.2, -0.15) is 0 Å². The molecule has 0 aliphatic rings. The Labute approximate surface area is 141 Å². The van der Waals surface area contributed by atoms with Gasteiger partial charge in [0.2, 0.25) is 5.82 Å². The number of allylic oxidation sites excluding steroid dienone is 4. The number of primary amides is 1. The Morgan fingerprint density at radius 2 is 2.17 bits per heavy atom. The molecule has 0 bridgehead atoms. The number of pyridine rings is 1. The molecule has 0 spiro atoms. The van der Waals surface area contributed by atoms with Gasteiger partial charge in [-0.3, -0.25) is 14.9 Å². The summed E-state index contributed by atoms with van der Waals surface area (Å²) in [5.41, 5.74) is 5.71. The Hall–Kier alpha value is -3.14. The van der Waals surface area contributed by atoms with Crippen molar-refractivity contribution in [2.24, 2.45) is 5.73 Å². The summed E-state index contributed by atoms with van der Waals surface area (Å²) in [5, 5.41) is 13.2. The molecule has 0 saturated heterocycles. The van der Waals surface area contributed by atoms with Crippen LogP contribution in [0.15, 0.2) is 42.1 Å². The Kier molecular flexibility index (Phi) is 10.8. The van der Waals surface area contributed by atoms with Crippen LogP contribution in [0.3, 0.4) is 0 Å². The fourth-order valence-electron chi connectivity index (χ4n) is 1.54. The molecule has 1 heterocycles. The van der Waals surface area contributed by atoms with Gasteiger partial charge in [0.15, 0.2) is 0 Å². The zero-order valence-corrected chi connectivity index (χ0v) is 14.1. The van der Waals surface area contributed by atoms with Crippen molar-refractivity contribution >= 4 is 17.4 Å². The third kappa shape index (κ3) is 9.00. The molecule has 0 aromatic carbocycles.